The quantitative estimate of drug-likeness (QED) is 0.713. The van der Waals surface area contributed by atoms with E-state index >= 15 is 0 Å². The molecule has 0 aliphatic carbocycles. The summed E-state index contributed by atoms with van der Waals surface area (Å²) in [6.07, 6.45) is 2.23. The first-order chi connectivity index (χ1) is 6.63. The lowest BCUT2D eigenvalue weighted by Crippen LogP contribution is -2.11. The zero-order chi connectivity index (χ0) is 10.6. The van der Waals surface area contributed by atoms with Gasteiger partial charge in [-0.1, -0.05) is 19.4 Å². The monoisotopic (exact) mass is 196 g/mol. The fraction of sp³-hybridized carbons (Fsp3) is 0.500. The van der Waals surface area contributed by atoms with Gasteiger partial charge in [-0.2, -0.15) is 0 Å². The van der Waals surface area contributed by atoms with Gasteiger partial charge in [-0.15, -0.1) is 0 Å². The molecule has 0 heterocycles. The summed E-state index contributed by atoms with van der Waals surface area (Å²) in [5.74, 6) is 0.417. The molecule has 1 aromatic carbocycles. The number of ether oxygens (including phenoxy) is 1. The average Bonchev–Trinajstić information content (AvgIpc) is 2.12. The van der Waals surface area contributed by atoms with Crippen LogP contribution in [0.1, 0.15) is 32.3 Å². The summed E-state index contributed by atoms with van der Waals surface area (Å²) < 4.78 is 18.5. The highest BCUT2D eigenvalue weighted by molar-refractivity contribution is 5.32. The van der Waals surface area contributed by atoms with Crippen LogP contribution in [0.15, 0.2) is 18.2 Å². The number of benzene rings is 1. The van der Waals surface area contributed by atoms with Crippen LogP contribution >= 0.6 is 0 Å². The van der Waals surface area contributed by atoms with Gasteiger partial charge >= 0.3 is 0 Å². The van der Waals surface area contributed by atoms with Crippen LogP contribution in [0.3, 0.4) is 0 Å². The van der Waals surface area contributed by atoms with Crippen molar-refractivity contribution in [1.29, 1.82) is 0 Å². The molecule has 0 fully saturated rings. The van der Waals surface area contributed by atoms with Crippen molar-refractivity contribution in [1.82, 2.24) is 0 Å². The number of aryl methyl sites for hydroxylation is 1. The maximum absolute atomic E-state index is 12.9. The fourth-order valence-corrected chi connectivity index (χ4v) is 1.38. The van der Waals surface area contributed by atoms with Gasteiger partial charge in [0.05, 0.1) is 6.10 Å². The van der Waals surface area contributed by atoms with E-state index in [9.17, 15) is 4.39 Å². The van der Waals surface area contributed by atoms with Crippen molar-refractivity contribution in [2.45, 2.75) is 39.7 Å². The van der Waals surface area contributed by atoms with Crippen LogP contribution < -0.4 is 4.74 Å². The zero-order valence-electron chi connectivity index (χ0n) is 9.01. The minimum absolute atomic E-state index is 0.153. The Morgan fingerprint density at radius 3 is 2.79 bits per heavy atom. The molecular weight excluding hydrogens is 179 g/mol. The molecule has 0 saturated carbocycles. The second-order valence-corrected chi connectivity index (χ2v) is 3.63. The number of halogens is 1. The third-order valence-electron chi connectivity index (χ3n) is 2.17. The van der Waals surface area contributed by atoms with Crippen LogP contribution in [0, 0.1) is 12.7 Å². The molecule has 1 unspecified atom stereocenters. The molecule has 0 radical (unpaired) electrons. The Morgan fingerprint density at radius 1 is 1.43 bits per heavy atom. The van der Waals surface area contributed by atoms with E-state index in [0.717, 1.165) is 18.4 Å². The van der Waals surface area contributed by atoms with Crippen molar-refractivity contribution >= 4 is 0 Å². The van der Waals surface area contributed by atoms with E-state index < -0.39 is 0 Å². The van der Waals surface area contributed by atoms with Gasteiger partial charge in [-0.05, 0) is 31.9 Å². The van der Waals surface area contributed by atoms with Gasteiger partial charge in [0.2, 0.25) is 0 Å². The Morgan fingerprint density at radius 2 is 2.14 bits per heavy atom. The molecule has 0 aliphatic heterocycles. The fourth-order valence-electron chi connectivity index (χ4n) is 1.38. The van der Waals surface area contributed by atoms with E-state index in [0.29, 0.717) is 5.75 Å². The van der Waals surface area contributed by atoms with Gasteiger partial charge in [0.15, 0.2) is 0 Å². The lowest BCUT2D eigenvalue weighted by atomic mass is 10.2. The first-order valence-corrected chi connectivity index (χ1v) is 5.06. The first-order valence-electron chi connectivity index (χ1n) is 5.06. The Hall–Kier alpha value is -1.05. The molecule has 0 saturated heterocycles. The molecule has 1 aromatic rings. The molecule has 78 valence electrons. The van der Waals surface area contributed by atoms with Gasteiger partial charge in [0.25, 0.3) is 0 Å². The largest absolute Gasteiger partial charge is 0.490 e. The van der Waals surface area contributed by atoms with E-state index in [1.54, 1.807) is 6.07 Å². The second-order valence-electron chi connectivity index (χ2n) is 3.63. The standard InChI is InChI=1S/C12H17FO/c1-4-5-10(3)14-12-8-11(13)7-6-9(12)2/h6-8,10H,4-5H2,1-3H3. The van der Waals surface area contributed by atoms with Gasteiger partial charge in [-0.3, -0.25) is 0 Å². The predicted molar refractivity (Wildman–Crippen MR) is 56.1 cm³/mol. The highest BCUT2D eigenvalue weighted by Crippen LogP contribution is 2.20. The minimum Gasteiger partial charge on any atom is -0.490 e. The summed E-state index contributed by atoms with van der Waals surface area (Å²) in [5.41, 5.74) is 0.981. The zero-order valence-corrected chi connectivity index (χ0v) is 9.01. The third-order valence-corrected chi connectivity index (χ3v) is 2.17. The van der Waals surface area contributed by atoms with E-state index in [1.165, 1.54) is 12.1 Å². The van der Waals surface area contributed by atoms with Crippen molar-refractivity contribution in [2.24, 2.45) is 0 Å². The lowest BCUT2D eigenvalue weighted by Gasteiger charge is -2.15. The lowest BCUT2D eigenvalue weighted by molar-refractivity contribution is 0.207. The van der Waals surface area contributed by atoms with Crippen molar-refractivity contribution in [3.63, 3.8) is 0 Å². The van der Waals surface area contributed by atoms with Crippen LogP contribution in [-0.2, 0) is 0 Å². The summed E-state index contributed by atoms with van der Waals surface area (Å²) in [7, 11) is 0. The summed E-state index contributed by atoms with van der Waals surface area (Å²) in [6, 6.07) is 4.64. The number of hydrogen-bond acceptors (Lipinski definition) is 1. The molecule has 1 nitrogen and oxygen atoms in total. The van der Waals surface area contributed by atoms with Crippen LogP contribution in [0.25, 0.3) is 0 Å². The van der Waals surface area contributed by atoms with Crippen LogP contribution in [-0.4, -0.2) is 6.10 Å². The SMILES string of the molecule is CCCC(C)Oc1cc(F)ccc1C. The average molecular weight is 196 g/mol. The Kier molecular flexibility index (Phi) is 3.93. The molecule has 0 N–H and O–H groups in total. The van der Waals surface area contributed by atoms with E-state index in [2.05, 4.69) is 6.92 Å². The molecule has 0 aromatic heterocycles. The normalized spacial score (nSPS) is 12.6. The highest BCUT2D eigenvalue weighted by atomic mass is 19.1. The Bertz CT molecular complexity index is 296. The van der Waals surface area contributed by atoms with Gasteiger partial charge in [0.1, 0.15) is 11.6 Å². The van der Waals surface area contributed by atoms with Gasteiger partial charge < -0.3 is 4.74 Å². The minimum atomic E-state index is -0.241. The van der Waals surface area contributed by atoms with Crippen molar-refractivity contribution in [2.75, 3.05) is 0 Å². The summed E-state index contributed by atoms with van der Waals surface area (Å²) in [6.45, 7) is 6.04. The van der Waals surface area contributed by atoms with E-state index in [1.807, 2.05) is 13.8 Å². The van der Waals surface area contributed by atoms with Crippen LogP contribution in [0.4, 0.5) is 4.39 Å². The van der Waals surface area contributed by atoms with E-state index in [-0.39, 0.29) is 11.9 Å². The topological polar surface area (TPSA) is 9.23 Å². The van der Waals surface area contributed by atoms with Crippen molar-refractivity contribution in [3.8, 4) is 5.75 Å². The molecule has 1 atom stereocenters. The molecule has 2 heteroatoms. The summed E-state index contributed by atoms with van der Waals surface area (Å²) in [5, 5.41) is 0. The molecule has 0 spiro atoms. The maximum atomic E-state index is 12.9. The maximum Gasteiger partial charge on any atom is 0.126 e. The molecular formula is C12H17FO. The Labute approximate surface area is 84.9 Å². The number of rotatable bonds is 4. The molecule has 0 aliphatic rings. The molecule has 1 rings (SSSR count). The summed E-state index contributed by atoms with van der Waals surface area (Å²) >= 11 is 0. The molecule has 14 heavy (non-hydrogen) atoms. The van der Waals surface area contributed by atoms with Crippen molar-refractivity contribution < 1.29 is 9.13 Å². The molecule has 0 bridgehead atoms. The first kappa shape index (κ1) is 11.0. The van der Waals surface area contributed by atoms with Gasteiger partial charge in [-0.25, -0.2) is 4.39 Å². The third kappa shape index (κ3) is 3.02. The van der Waals surface area contributed by atoms with Crippen LogP contribution in [0.2, 0.25) is 0 Å². The summed E-state index contributed by atoms with van der Waals surface area (Å²) in [4.78, 5) is 0. The van der Waals surface area contributed by atoms with Crippen molar-refractivity contribution in [3.05, 3.63) is 29.6 Å². The number of hydrogen-bond donors (Lipinski definition) is 0. The Balaban J connectivity index is 2.70. The predicted octanol–water partition coefficient (Wildman–Crippen LogP) is 3.70. The second kappa shape index (κ2) is 4.99. The molecule has 0 amide bonds. The van der Waals surface area contributed by atoms with Gasteiger partial charge in [0, 0.05) is 6.07 Å². The smallest absolute Gasteiger partial charge is 0.126 e. The highest BCUT2D eigenvalue weighted by Gasteiger charge is 2.06. The van der Waals surface area contributed by atoms with Crippen LogP contribution in [0.5, 0.6) is 5.75 Å². The van der Waals surface area contributed by atoms with E-state index in [4.69, 9.17) is 4.74 Å².